The van der Waals surface area contributed by atoms with E-state index in [-0.39, 0.29) is 12.0 Å². The van der Waals surface area contributed by atoms with Crippen molar-refractivity contribution < 1.29 is 5.11 Å². The quantitative estimate of drug-likeness (QED) is 0.740. The maximum Gasteiger partial charge on any atom is 0.0460 e. The largest absolute Gasteiger partial charge is 0.396 e. The zero-order valence-electron chi connectivity index (χ0n) is 7.62. The number of rotatable bonds is 3. The fourth-order valence-corrected chi connectivity index (χ4v) is 1.17. The van der Waals surface area contributed by atoms with E-state index in [1.165, 1.54) is 0 Å². The fourth-order valence-electron chi connectivity index (χ4n) is 1.17. The molecule has 0 saturated heterocycles. The molecule has 0 aromatic carbocycles. The molecule has 2 heteroatoms. The van der Waals surface area contributed by atoms with Crippen LogP contribution >= 0.6 is 0 Å². The smallest absolute Gasteiger partial charge is 0.0460 e. The first-order chi connectivity index (χ1) is 5.67. The van der Waals surface area contributed by atoms with E-state index in [2.05, 4.69) is 18.8 Å². The molecule has 0 fully saturated rings. The molecule has 66 valence electrons. The van der Waals surface area contributed by atoms with Crippen LogP contribution in [0.1, 0.15) is 26.0 Å². The van der Waals surface area contributed by atoms with Crippen molar-refractivity contribution in [1.82, 2.24) is 4.98 Å². The average Bonchev–Trinajstić information content (AvgIpc) is 2.06. The lowest BCUT2D eigenvalue weighted by molar-refractivity contribution is 0.250. The maximum atomic E-state index is 8.84. The first-order valence-electron chi connectivity index (χ1n) is 4.19. The van der Waals surface area contributed by atoms with Crippen LogP contribution in [0, 0.1) is 0 Å². The third-order valence-corrected chi connectivity index (χ3v) is 2.10. The molecular weight excluding hydrogens is 150 g/mol. The van der Waals surface area contributed by atoms with Crippen LogP contribution < -0.4 is 0 Å². The van der Waals surface area contributed by atoms with Crippen molar-refractivity contribution in [1.29, 1.82) is 0 Å². The molecule has 1 rings (SSSR count). The molecule has 0 amide bonds. The first kappa shape index (κ1) is 9.20. The molecule has 0 radical (unpaired) electrons. The second-order valence-corrected chi connectivity index (χ2v) is 3.57. The van der Waals surface area contributed by atoms with Crippen LogP contribution in [0.4, 0.5) is 0 Å². The number of hydrogen-bond acceptors (Lipinski definition) is 2. The zero-order chi connectivity index (χ0) is 9.03. The van der Waals surface area contributed by atoms with Gasteiger partial charge in [0.1, 0.15) is 0 Å². The predicted molar refractivity (Wildman–Crippen MR) is 49.0 cm³/mol. The van der Waals surface area contributed by atoms with Gasteiger partial charge in [0.15, 0.2) is 0 Å². The van der Waals surface area contributed by atoms with Gasteiger partial charge in [0.25, 0.3) is 0 Å². The van der Waals surface area contributed by atoms with Gasteiger partial charge in [-0.05, 0) is 18.6 Å². The summed E-state index contributed by atoms with van der Waals surface area (Å²) in [4.78, 5) is 4.26. The van der Waals surface area contributed by atoms with E-state index in [4.69, 9.17) is 5.11 Å². The van der Waals surface area contributed by atoms with E-state index in [0.29, 0.717) is 0 Å². The monoisotopic (exact) mass is 165 g/mol. The number of pyridine rings is 1. The number of aliphatic hydroxyl groups is 1. The van der Waals surface area contributed by atoms with Crippen molar-refractivity contribution in [2.24, 2.45) is 0 Å². The summed E-state index contributed by atoms with van der Waals surface area (Å²) in [5.74, 6) is 0. The van der Waals surface area contributed by atoms with Gasteiger partial charge in [-0.3, -0.25) is 4.98 Å². The Bertz CT molecular complexity index is 231. The van der Waals surface area contributed by atoms with Gasteiger partial charge in [0, 0.05) is 23.9 Å². The molecule has 0 unspecified atom stereocenters. The molecular formula is C10H15NO. The topological polar surface area (TPSA) is 33.1 Å². The Morgan fingerprint density at radius 1 is 1.42 bits per heavy atom. The van der Waals surface area contributed by atoms with Crippen LogP contribution in [-0.4, -0.2) is 16.7 Å². The summed E-state index contributed by atoms with van der Waals surface area (Å²) in [5.41, 5.74) is 1.02. The normalized spacial score (nSPS) is 11.6. The molecule has 1 aromatic rings. The van der Waals surface area contributed by atoms with E-state index < -0.39 is 0 Å². The molecule has 2 nitrogen and oxygen atoms in total. The number of aromatic nitrogens is 1. The van der Waals surface area contributed by atoms with E-state index in [1.807, 2.05) is 18.2 Å². The summed E-state index contributed by atoms with van der Waals surface area (Å²) in [6.07, 6.45) is 2.54. The van der Waals surface area contributed by atoms with Crippen LogP contribution in [0.3, 0.4) is 0 Å². The Labute approximate surface area is 73.3 Å². The molecule has 0 aliphatic carbocycles. The van der Waals surface area contributed by atoms with Gasteiger partial charge in [-0.2, -0.15) is 0 Å². The molecule has 0 saturated carbocycles. The first-order valence-corrected chi connectivity index (χ1v) is 4.19. The number of hydrogen-bond donors (Lipinski definition) is 1. The van der Waals surface area contributed by atoms with Crippen molar-refractivity contribution >= 4 is 0 Å². The molecule has 0 aliphatic rings. The highest BCUT2D eigenvalue weighted by Gasteiger charge is 2.20. The molecule has 12 heavy (non-hydrogen) atoms. The molecule has 1 heterocycles. The zero-order valence-corrected chi connectivity index (χ0v) is 7.62. The fraction of sp³-hybridized carbons (Fsp3) is 0.500. The van der Waals surface area contributed by atoms with Gasteiger partial charge in [0.05, 0.1) is 0 Å². The lowest BCUT2D eigenvalue weighted by atomic mass is 9.85. The Morgan fingerprint density at radius 2 is 2.17 bits per heavy atom. The predicted octanol–water partition coefficient (Wildman–Crippen LogP) is 1.74. The standard InChI is InChI=1S/C10H15NO/c1-10(2,6-8-12)9-5-3-4-7-11-9/h3-5,7,12H,6,8H2,1-2H3. The molecule has 0 bridgehead atoms. The minimum Gasteiger partial charge on any atom is -0.396 e. The highest BCUT2D eigenvalue weighted by atomic mass is 16.3. The van der Waals surface area contributed by atoms with Gasteiger partial charge in [0.2, 0.25) is 0 Å². The third-order valence-electron chi connectivity index (χ3n) is 2.10. The summed E-state index contributed by atoms with van der Waals surface area (Å²) < 4.78 is 0. The van der Waals surface area contributed by atoms with E-state index in [0.717, 1.165) is 12.1 Å². The van der Waals surface area contributed by atoms with E-state index in [1.54, 1.807) is 6.20 Å². The summed E-state index contributed by atoms with van der Waals surface area (Å²) in [5, 5.41) is 8.84. The number of nitrogens with zero attached hydrogens (tertiary/aromatic N) is 1. The minimum absolute atomic E-state index is 0.0178. The minimum atomic E-state index is -0.0178. The van der Waals surface area contributed by atoms with Gasteiger partial charge in [-0.1, -0.05) is 19.9 Å². The SMILES string of the molecule is CC(C)(CCO)c1ccccn1. The summed E-state index contributed by atoms with van der Waals surface area (Å²) >= 11 is 0. The van der Waals surface area contributed by atoms with Crippen molar-refractivity contribution in [2.75, 3.05) is 6.61 Å². The average molecular weight is 165 g/mol. The van der Waals surface area contributed by atoms with E-state index in [9.17, 15) is 0 Å². The van der Waals surface area contributed by atoms with Crippen LogP contribution in [0.15, 0.2) is 24.4 Å². The summed E-state index contributed by atoms with van der Waals surface area (Å²) in [6, 6.07) is 5.87. The second-order valence-electron chi connectivity index (χ2n) is 3.57. The van der Waals surface area contributed by atoms with Crippen molar-refractivity contribution in [2.45, 2.75) is 25.7 Å². The lowest BCUT2D eigenvalue weighted by Crippen LogP contribution is -2.20. The Balaban J connectivity index is 2.82. The van der Waals surface area contributed by atoms with Crippen molar-refractivity contribution in [3.05, 3.63) is 30.1 Å². The van der Waals surface area contributed by atoms with Crippen LogP contribution in [-0.2, 0) is 5.41 Å². The summed E-state index contributed by atoms with van der Waals surface area (Å²) in [6.45, 7) is 4.39. The van der Waals surface area contributed by atoms with Gasteiger partial charge < -0.3 is 5.11 Å². The second kappa shape index (κ2) is 3.68. The molecule has 0 atom stereocenters. The third kappa shape index (κ3) is 2.05. The Morgan fingerprint density at radius 3 is 2.67 bits per heavy atom. The highest BCUT2D eigenvalue weighted by Crippen LogP contribution is 2.23. The molecule has 1 aromatic heterocycles. The molecule has 0 aliphatic heterocycles. The molecule has 0 spiro atoms. The van der Waals surface area contributed by atoms with Crippen LogP contribution in [0.25, 0.3) is 0 Å². The van der Waals surface area contributed by atoms with Crippen LogP contribution in [0.2, 0.25) is 0 Å². The summed E-state index contributed by atoms with van der Waals surface area (Å²) in [7, 11) is 0. The Kier molecular flexibility index (Phi) is 2.82. The van der Waals surface area contributed by atoms with Gasteiger partial charge >= 0.3 is 0 Å². The lowest BCUT2D eigenvalue weighted by Gasteiger charge is -2.22. The highest BCUT2D eigenvalue weighted by molar-refractivity contribution is 5.13. The van der Waals surface area contributed by atoms with Crippen LogP contribution in [0.5, 0.6) is 0 Å². The van der Waals surface area contributed by atoms with Gasteiger partial charge in [-0.15, -0.1) is 0 Å². The Hall–Kier alpha value is -0.890. The van der Waals surface area contributed by atoms with E-state index >= 15 is 0 Å². The molecule has 1 N–H and O–H groups in total. The van der Waals surface area contributed by atoms with Crippen molar-refractivity contribution in [3.8, 4) is 0 Å². The maximum absolute atomic E-state index is 8.84. The number of aliphatic hydroxyl groups excluding tert-OH is 1. The van der Waals surface area contributed by atoms with Gasteiger partial charge in [-0.25, -0.2) is 0 Å². The van der Waals surface area contributed by atoms with Crippen molar-refractivity contribution in [3.63, 3.8) is 0 Å².